The fourth-order valence-corrected chi connectivity index (χ4v) is 2.88. The first-order valence-corrected chi connectivity index (χ1v) is 6.61. The van der Waals surface area contributed by atoms with E-state index in [-0.39, 0.29) is 5.91 Å². The number of amides is 1. The Kier molecular flexibility index (Phi) is 2.56. The van der Waals surface area contributed by atoms with E-state index in [0.717, 1.165) is 33.4 Å². The standard InChI is InChI=1S/C13H13N3OS/c1-7-12(14)18-13(15-7)9-2-4-10-8(6-9)3-5-11(17)16-10/h2,4,6H,3,5,14H2,1H3,(H,16,17). The van der Waals surface area contributed by atoms with Gasteiger partial charge < -0.3 is 11.1 Å². The number of nitrogens with one attached hydrogen (secondary N) is 1. The van der Waals surface area contributed by atoms with Crippen molar-refractivity contribution in [1.82, 2.24) is 4.98 Å². The molecule has 1 aromatic heterocycles. The lowest BCUT2D eigenvalue weighted by Crippen LogP contribution is -2.18. The van der Waals surface area contributed by atoms with E-state index in [0.29, 0.717) is 6.42 Å². The number of aromatic nitrogens is 1. The first kappa shape index (κ1) is 11.2. The molecule has 0 aliphatic carbocycles. The van der Waals surface area contributed by atoms with E-state index in [9.17, 15) is 4.79 Å². The van der Waals surface area contributed by atoms with E-state index < -0.39 is 0 Å². The van der Waals surface area contributed by atoms with Gasteiger partial charge in [-0.15, -0.1) is 0 Å². The largest absolute Gasteiger partial charge is 0.389 e. The number of nitrogens with zero attached hydrogens (tertiary/aromatic N) is 1. The first-order chi connectivity index (χ1) is 8.63. The highest BCUT2D eigenvalue weighted by Gasteiger charge is 2.16. The molecule has 0 saturated heterocycles. The maximum absolute atomic E-state index is 11.3. The van der Waals surface area contributed by atoms with Crippen LogP contribution in [0.25, 0.3) is 10.6 Å². The van der Waals surface area contributed by atoms with Gasteiger partial charge in [0, 0.05) is 17.7 Å². The van der Waals surface area contributed by atoms with Gasteiger partial charge in [-0.2, -0.15) is 0 Å². The lowest BCUT2D eigenvalue weighted by Gasteiger charge is -2.17. The Morgan fingerprint density at radius 3 is 2.94 bits per heavy atom. The number of nitrogens with two attached hydrogens (primary N) is 1. The van der Waals surface area contributed by atoms with Crippen LogP contribution in [-0.4, -0.2) is 10.9 Å². The molecule has 3 rings (SSSR count). The molecule has 4 nitrogen and oxygen atoms in total. The van der Waals surface area contributed by atoms with Crippen molar-refractivity contribution in [3.05, 3.63) is 29.5 Å². The van der Waals surface area contributed by atoms with Crippen LogP contribution in [0.1, 0.15) is 17.7 Å². The van der Waals surface area contributed by atoms with Gasteiger partial charge in [0.25, 0.3) is 0 Å². The molecule has 2 heterocycles. The highest BCUT2D eigenvalue weighted by Crippen LogP contribution is 2.33. The number of aryl methyl sites for hydroxylation is 2. The van der Waals surface area contributed by atoms with Crippen LogP contribution in [0.4, 0.5) is 10.7 Å². The number of fused-ring (bicyclic) bond motifs is 1. The van der Waals surface area contributed by atoms with Crippen LogP contribution in [0.3, 0.4) is 0 Å². The molecule has 0 saturated carbocycles. The molecule has 0 bridgehead atoms. The fourth-order valence-electron chi connectivity index (χ4n) is 2.05. The van der Waals surface area contributed by atoms with Crippen LogP contribution < -0.4 is 11.1 Å². The number of thiazole rings is 1. The Labute approximate surface area is 109 Å². The van der Waals surface area contributed by atoms with E-state index in [4.69, 9.17) is 5.73 Å². The average Bonchev–Trinajstić information content (AvgIpc) is 2.69. The van der Waals surface area contributed by atoms with Gasteiger partial charge in [0.15, 0.2) is 0 Å². The van der Waals surface area contributed by atoms with Crippen molar-refractivity contribution >= 4 is 27.9 Å². The summed E-state index contributed by atoms with van der Waals surface area (Å²) in [6.45, 7) is 1.91. The van der Waals surface area contributed by atoms with E-state index in [1.165, 1.54) is 16.9 Å². The predicted molar refractivity (Wildman–Crippen MR) is 73.7 cm³/mol. The summed E-state index contributed by atoms with van der Waals surface area (Å²) < 4.78 is 0. The van der Waals surface area contributed by atoms with Crippen LogP contribution in [0.15, 0.2) is 18.2 Å². The number of nitrogen functional groups attached to an aromatic ring is 1. The monoisotopic (exact) mass is 259 g/mol. The highest BCUT2D eigenvalue weighted by molar-refractivity contribution is 7.18. The molecule has 0 spiro atoms. The van der Waals surface area contributed by atoms with Crippen LogP contribution in [0.5, 0.6) is 0 Å². The zero-order chi connectivity index (χ0) is 12.7. The number of carbonyl (C=O) groups is 1. The second-order valence-corrected chi connectivity index (χ2v) is 5.42. The van der Waals surface area contributed by atoms with Gasteiger partial charge in [0.05, 0.1) is 5.69 Å². The van der Waals surface area contributed by atoms with E-state index in [2.05, 4.69) is 16.4 Å². The molecule has 1 aromatic carbocycles. The van der Waals surface area contributed by atoms with Gasteiger partial charge in [-0.3, -0.25) is 4.79 Å². The molecule has 2 aromatic rings. The molecule has 0 atom stereocenters. The van der Waals surface area contributed by atoms with Crippen LogP contribution in [0, 0.1) is 6.92 Å². The SMILES string of the molecule is Cc1nc(-c2ccc3c(c2)CCC(=O)N3)sc1N. The molecule has 0 radical (unpaired) electrons. The summed E-state index contributed by atoms with van der Waals surface area (Å²) in [6.07, 6.45) is 1.34. The van der Waals surface area contributed by atoms with Crippen LogP contribution in [-0.2, 0) is 11.2 Å². The van der Waals surface area contributed by atoms with Crippen molar-refractivity contribution in [2.24, 2.45) is 0 Å². The Bertz CT molecular complexity index is 614. The van der Waals surface area contributed by atoms with Gasteiger partial charge in [0.2, 0.25) is 5.91 Å². The van der Waals surface area contributed by atoms with Crippen molar-refractivity contribution < 1.29 is 4.79 Å². The van der Waals surface area contributed by atoms with Gasteiger partial charge in [-0.1, -0.05) is 11.3 Å². The number of carbonyl (C=O) groups excluding carboxylic acids is 1. The van der Waals surface area contributed by atoms with Crippen molar-refractivity contribution in [3.8, 4) is 10.6 Å². The van der Waals surface area contributed by atoms with Gasteiger partial charge in [-0.25, -0.2) is 4.98 Å². The smallest absolute Gasteiger partial charge is 0.224 e. The molecule has 18 heavy (non-hydrogen) atoms. The lowest BCUT2D eigenvalue weighted by atomic mass is 10.0. The highest BCUT2D eigenvalue weighted by atomic mass is 32.1. The number of hydrogen-bond donors (Lipinski definition) is 2. The molecule has 3 N–H and O–H groups in total. The zero-order valence-electron chi connectivity index (χ0n) is 9.99. The maximum atomic E-state index is 11.3. The number of benzene rings is 1. The Morgan fingerprint density at radius 2 is 2.22 bits per heavy atom. The maximum Gasteiger partial charge on any atom is 0.224 e. The third kappa shape index (κ3) is 1.86. The molecule has 0 unspecified atom stereocenters. The minimum atomic E-state index is 0.0876. The normalized spacial score (nSPS) is 14.2. The van der Waals surface area contributed by atoms with Crippen LogP contribution >= 0.6 is 11.3 Å². The molecule has 0 fully saturated rings. The van der Waals surface area contributed by atoms with Crippen molar-refractivity contribution in [2.75, 3.05) is 11.1 Å². The summed E-state index contributed by atoms with van der Waals surface area (Å²) in [5.41, 5.74) is 9.85. The lowest BCUT2D eigenvalue weighted by molar-refractivity contribution is -0.116. The minimum Gasteiger partial charge on any atom is -0.389 e. The number of anilines is 2. The molecular formula is C13H13N3OS. The summed E-state index contributed by atoms with van der Waals surface area (Å²) in [6, 6.07) is 6.00. The average molecular weight is 259 g/mol. The summed E-state index contributed by atoms with van der Waals surface area (Å²) in [5, 5.41) is 4.57. The van der Waals surface area contributed by atoms with Gasteiger partial charge in [0.1, 0.15) is 10.0 Å². The molecule has 1 aliphatic heterocycles. The topological polar surface area (TPSA) is 68.0 Å². The second kappa shape index (κ2) is 4.10. The summed E-state index contributed by atoms with van der Waals surface area (Å²) in [5.74, 6) is 0.0876. The fraction of sp³-hybridized carbons (Fsp3) is 0.231. The Hall–Kier alpha value is -1.88. The minimum absolute atomic E-state index is 0.0876. The molecule has 92 valence electrons. The van der Waals surface area contributed by atoms with E-state index >= 15 is 0 Å². The number of rotatable bonds is 1. The van der Waals surface area contributed by atoms with E-state index in [1.54, 1.807) is 0 Å². The third-order valence-corrected chi connectivity index (χ3v) is 4.12. The second-order valence-electron chi connectivity index (χ2n) is 4.39. The van der Waals surface area contributed by atoms with Crippen LogP contribution in [0.2, 0.25) is 0 Å². The molecular weight excluding hydrogens is 246 g/mol. The Morgan fingerprint density at radius 1 is 1.39 bits per heavy atom. The van der Waals surface area contributed by atoms with Crippen molar-refractivity contribution in [3.63, 3.8) is 0 Å². The zero-order valence-corrected chi connectivity index (χ0v) is 10.8. The first-order valence-electron chi connectivity index (χ1n) is 5.79. The van der Waals surface area contributed by atoms with Gasteiger partial charge in [-0.05, 0) is 37.1 Å². The molecule has 1 aliphatic rings. The summed E-state index contributed by atoms with van der Waals surface area (Å²) in [4.78, 5) is 15.7. The predicted octanol–water partition coefficient (Wildman–Crippen LogP) is 2.59. The van der Waals surface area contributed by atoms with Crippen molar-refractivity contribution in [1.29, 1.82) is 0 Å². The Balaban J connectivity index is 2.02. The third-order valence-electron chi connectivity index (χ3n) is 3.08. The summed E-state index contributed by atoms with van der Waals surface area (Å²) in [7, 11) is 0. The van der Waals surface area contributed by atoms with E-state index in [1.807, 2.05) is 19.1 Å². The molecule has 5 heteroatoms. The van der Waals surface area contributed by atoms with Crippen molar-refractivity contribution in [2.45, 2.75) is 19.8 Å². The molecule has 1 amide bonds. The summed E-state index contributed by atoms with van der Waals surface area (Å²) >= 11 is 1.50. The quantitative estimate of drug-likeness (QED) is 0.827. The number of hydrogen-bond acceptors (Lipinski definition) is 4. The van der Waals surface area contributed by atoms with Gasteiger partial charge >= 0.3 is 0 Å².